The van der Waals surface area contributed by atoms with Crippen molar-refractivity contribution in [3.05, 3.63) is 51.8 Å². The number of aryl methyl sites for hydroxylation is 3. The van der Waals surface area contributed by atoms with Gasteiger partial charge in [-0.2, -0.15) is 0 Å². The number of ketones is 1. The Hall–Kier alpha value is -1.81. The highest BCUT2D eigenvalue weighted by molar-refractivity contribution is 6.29. The number of rotatable bonds is 1. The van der Waals surface area contributed by atoms with Crippen molar-refractivity contribution in [2.45, 2.75) is 39.0 Å². The van der Waals surface area contributed by atoms with Crippen molar-refractivity contribution in [1.82, 2.24) is 15.0 Å². The minimum absolute atomic E-state index is 0.0606. The highest BCUT2D eigenvalue weighted by Gasteiger charge is 2.41. The van der Waals surface area contributed by atoms with E-state index in [0.29, 0.717) is 16.5 Å². The molecule has 1 aliphatic rings. The number of hydrogen-bond acceptors (Lipinski definition) is 4. The summed E-state index contributed by atoms with van der Waals surface area (Å²) in [6, 6.07) is 3.68. The van der Waals surface area contributed by atoms with Gasteiger partial charge in [-0.15, -0.1) is 0 Å². The van der Waals surface area contributed by atoms with Gasteiger partial charge >= 0.3 is 0 Å². The largest absolute Gasteiger partial charge is 0.293 e. The number of Topliss-reactive ketones (excluding diaryl/α,β-unsaturated/α-hetero) is 1. The molecule has 0 aromatic carbocycles. The lowest BCUT2D eigenvalue weighted by Crippen LogP contribution is -2.38. The molecule has 4 nitrogen and oxygen atoms in total. The Balaban J connectivity index is 2.11. The zero-order chi connectivity index (χ0) is 15.2. The second kappa shape index (κ2) is 4.88. The second-order valence-corrected chi connectivity index (χ2v) is 6.15. The first-order chi connectivity index (χ1) is 9.90. The number of aromatic nitrogens is 3. The van der Waals surface area contributed by atoms with Crippen LogP contribution in [0, 0.1) is 13.8 Å². The molecule has 0 radical (unpaired) electrons. The van der Waals surface area contributed by atoms with Gasteiger partial charge < -0.3 is 0 Å². The zero-order valence-corrected chi connectivity index (χ0v) is 13.0. The first-order valence-corrected chi connectivity index (χ1v) is 7.30. The van der Waals surface area contributed by atoms with E-state index >= 15 is 0 Å². The van der Waals surface area contributed by atoms with Gasteiger partial charge in [0.1, 0.15) is 11.0 Å². The molecular weight excluding hydrogens is 286 g/mol. The summed E-state index contributed by atoms with van der Waals surface area (Å²) in [5, 5.41) is 0.430. The molecule has 21 heavy (non-hydrogen) atoms. The average Bonchev–Trinajstić information content (AvgIpc) is 2.42. The zero-order valence-electron chi connectivity index (χ0n) is 12.3. The van der Waals surface area contributed by atoms with Crippen LogP contribution in [0.15, 0.2) is 18.3 Å². The van der Waals surface area contributed by atoms with Gasteiger partial charge in [-0.1, -0.05) is 11.6 Å². The molecule has 108 valence electrons. The monoisotopic (exact) mass is 301 g/mol. The number of hydrogen-bond donors (Lipinski definition) is 0. The lowest BCUT2D eigenvalue weighted by Gasteiger charge is -2.32. The van der Waals surface area contributed by atoms with Crippen LogP contribution in [0.1, 0.15) is 46.5 Å². The average molecular weight is 302 g/mol. The molecular formula is C16H16ClN3O. The number of fused-ring (bicyclic) bond motifs is 1. The van der Waals surface area contributed by atoms with Crippen molar-refractivity contribution in [3.63, 3.8) is 0 Å². The summed E-state index contributed by atoms with van der Waals surface area (Å²) in [4.78, 5) is 25.8. The maximum absolute atomic E-state index is 12.9. The third-order valence-corrected chi connectivity index (χ3v) is 4.33. The van der Waals surface area contributed by atoms with Gasteiger partial charge in [0.25, 0.3) is 0 Å². The fraction of sp³-hybridized carbons (Fsp3) is 0.375. The van der Waals surface area contributed by atoms with E-state index in [2.05, 4.69) is 15.0 Å². The van der Waals surface area contributed by atoms with Crippen molar-refractivity contribution >= 4 is 17.4 Å². The molecule has 0 amide bonds. The van der Waals surface area contributed by atoms with E-state index in [9.17, 15) is 4.79 Å². The predicted octanol–water partition coefficient (Wildman–Crippen LogP) is 3.23. The van der Waals surface area contributed by atoms with E-state index in [1.165, 1.54) is 0 Å². The molecule has 0 spiro atoms. The quantitative estimate of drug-likeness (QED) is 0.759. The standard InChI is InChI=1S/C16H16ClN3O/c1-9-6-13(20-10(2)19-9)16(3)5-4-11-7-14(17)18-8-12(11)15(16)21/h6-8H,4-5H2,1-3H3. The molecule has 1 aliphatic carbocycles. The maximum atomic E-state index is 12.9. The summed E-state index contributed by atoms with van der Waals surface area (Å²) in [5.41, 5.74) is 2.67. The van der Waals surface area contributed by atoms with E-state index in [1.807, 2.05) is 26.8 Å². The summed E-state index contributed by atoms with van der Waals surface area (Å²) in [6.45, 7) is 5.72. The Bertz CT molecular complexity index is 724. The van der Waals surface area contributed by atoms with Crippen LogP contribution >= 0.6 is 11.6 Å². The van der Waals surface area contributed by atoms with Crippen molar-refractivity contribution in [2.75, 3.05) is 0 Å². The number of halogens is 1. The van der Waals surface area contributed by atoms with E-state index in [4.69, 9.17) is 11.6 Å². The minimum Gasteiger partial charge on any atom is -0.293 e. The van der Waals surface area contributed by atoms with Gasteiger partial charge in [-0.25, -0.2) is 15.0 Å². The molecule has 0 fully saturated rings. The van der Waals surface area contributed by atoms with Crippen LogP contribution in [0.5, 0.6) is 0 Å². The molecule has 2 aromatic rings. The van der Waals surface area contributed by atoms with E-state index in [1.54, 1.807) is 12.3 Å². The minimum atomic E-state index is -0.624. The van der Waals surface area contributed by atoms with Gasteiger partial charge in [0.05, 0.1) is 11.1 Å². The molecule has 0 saturated heterocycles. The van der Waals surface area contributed by atoms with Crippen molar-refractivity contribution in [3.8, 4) is 0 Å². The van der Waals surface area contributed by atoms with E-state index < -0.39 is 5.41 Å². The fourth-order valence-electron chi connectivity index (χ4n) is 2.92. The molecule has 0 bridgehead atoms. The lowest BCUT2D eigenvalue weighted by atomic mass is 9.70. The number of carbonyl (C=O) groups excluding carboxylic acids is 1. The SMILES string of the molecule is Cc1cc(C2(C)CCc3cc(Cl)ncc3C2=O)nc(C)n1. The van der Waals surface area contributed by atoms with Crippen LogP contribution in [0.25, 0.3) is 0 Å². The third-order valence-electron chi connectivity index (χ3n) is 4.13. The lowest BCUT2D eigenvalue weighted by molar-refractivity contribution is 0.0871. The summed E-state index contributed by atoms with van der Waals surface area (Å²) >= 11 is 5.91. The molecule has 2 aromatic heterocycles. The highest BCUT2D eigenvalue weighted by Crippen LogP contribution is 2.37. The van der Waals surface area contributed by atoms with Crippen LogP contribution < -0.4 is 0 Å². The molecule has 3 rings (SSSR count). The molecule has 1 atom stereocenters. The first kappa shape index (κ1) is 14.1. The number of carbonyl (C=O) groups is 1. The molecule has 1 unspecified atom stereocenters. The van der Waals surface area contributed by atoms with E-state index in [-0.39, 0.29) is 5.78 Å². The topological polar surface area (TPSA) is 55.7 Å². The van der Waals surface area contributed by atoms with Gasteiger partial charge in [-0.3, -0.25) is 4.79 Å². The van der Waals surface area contributed by atoms with Crippen molar-refractivity contribution in [1.29, 1.82) is 0 Å². The van der Waals surface area contributed by atoms with Gasteiger partial charge in [0, 0.05) is 17.5 Å². The smallest absolute Gasteiger partial charge is 0.176 e. The Labute approximate surface area is 128 Å². The Morgan fingerprint density at radius 1 is 1.24 bits per heavy atom. The van der Waals surface area contributed by atoms with Crippen molar-refractivity contribution < 1.29 is 4.79 Å². The van der Waals surface area contributed by atoms with Crippen LogP contribution in [0.3, 0.4) is 0 Å². The number of pyridine rings is 1. The maximum Gasteiger partial charge on any atom is 0.176 e. The van der Waals surface area contributed by atoms with Crippen LogP contribution in [-0.2, 0) is 11.8 Å². The Morgan fingerprint density at radius 2 is 2.00 bits per heavy atom. The van der Waals surface area contributed by atoms with Crippen LogP contribution in [-0.4, -0.2) is 20.7 Å². The van der Waals surface area contributed by atoms with Crippen LogP contribution in [0.2, 0.25) is 5.15 Å². The summed E-state index contributed by atoms with van der Waals surface area (Å²) in [7, 11) is 0. The molecule has 0 saturated carbocycles. The van der Waals surface area contributed by atoms with E-state index in [0.717, 1.165) is 29.8 Å². The molecule has 0 aliphatic heterocycles. The highest BCUT2D eigenvalue weighted by atomic mass is 35.5. The summed E-state index contributed by atoms with van der Waals surface area (Å²) in [6.07, 6.45) is 3.09. The second-order valence-electron chi connectivity index (χ2n) is 5.77. The normalized spacial score (nSPS) is 21.2. The van der Waals surface area contributed by atoms with Crippen molar-refractivity contribution in [2.24, 2.45) is 0 Å². The predicted molar refractivity (Wildman–Crippen MR) is 80.8 cm³/mol. The fourth-order valence-corrected chi connectivity index (χ4v) is 3.10. The van der Waals surface area contributed by atoms with Gasteiger partial charge in [0.15, 0.2) is 5.78 Å². The Kier molecular flexibility index (Phi) is 3.29. The number of nitrogens with zero attached hydrogens (tertiary/aromatic N) is 3. The molecule has 2 heterocycles. The summed E-state index contributed by atoms with van der Waals surface area (Å²) < 4.78 is 0. The van der Waals surface area contributed by atoms with Gasteiger partial charge in [-0.05, 0) is 51.3 Å². The van der Waals surface area contributed by atoms with Crippen LogP contribution in [0.4, 0.5) is 0 Å². The Morgan fingerprint density at radius 3 is 2.71 bits per heavy atom. The van der Waals surface area contributed by atoms with Gasteiger partial charge in [0.2, 0.25) is 0 Å². The summed E-state index contributed by atoms with van der Waals surface area (Å²) in [5.74, 6) is 0.754. The third kappa shape index (κ3) is 2.33. The molecule has 0 N–H and O–H groups in total. The molecule has 5 heteroatoms. The first-order valence-electron chi connectivity index (χ1n) is 6.92.